The van der Waals surface area contributed by atoms with Crippen molar-refractivity contribution in [2.75, 3.05) is 36.5 Å². The third-order valence-electron chi connectivity index (χ3n) is 5.17. The molecule has 0 radical (unpaired) electrons. The van der Waals surface area contributed by atoms with Gasteiger partial charge in [-0.15, -0.1) is 0 Å². The first-order valence-corrected chi connectivity index (χ1v) is 7.89. The lowest BCUT2D eigenvalue weighted by Crippen LogP contribution is -2.44. The highest BCUT2D eigenvalue weighted by molar-refractivity contribution is 5.73. The Balaban J connectivity index is 1.70. The van der Waals surface area contributed by atoms with Gasteiger partial charge in [0.2, 0.25) is 0 Å². The zero-order chi connectivity index (χ0) is 14.9. The van der Waals surface area contributed by atoms with Crippen LogP contribution in [0.4, 0.5) is 11.4 Å². The number of rotatable bonds is 3. The summed E-state index contributed by atoms with van der Waals surface area (Å²) in [7, 11) is 2.15. The van der Waals surface area contributed by atoms with Crippen molar-refractivity contribution in [1.29, 1.82) is 5.26 Å². The van der Waals surface area contributed by atoms with Crippen molar-refractivity contribution in [1.82, 2.24) is 0 Å². The van der Waals surface area contributed by atoms with E-state index < -0.39 is 5.54 Å². The van der Waals surface area contributed by atoms with Crippen LogP contribution in [0.5, 0.6) is 0 Å². The minimum atomic E-state index is -0.591. The number of fused-ring (bicyclic) bond motifs is 1. The second kappa shape index (κ2) is 5.57. The van der Waals surface area contributed by atoms with Crippen molar-refractivity contribution in [3.05, 3.63) is 24.3 Å². The van der Waals surface area contributed by atoms with Crippen LogP contribution >= 0.6 is 0 Å². The lowest BCUT2D eigenvalue weighted by Gasteiger charge is -2.38. The average Bonchev–Trinajstić information content (AvgIpc) is 2.89. The van der Waals surface area contributed by atoms with Crippen molar-refractivity contribution >= 4 is 11.4 Å². The van der Waals surface area contributed by atoms with Crippen molar-refractivity contribution in [2.45, 2.75) is 31.2 Å². The molecule has 1 saturated carbocycles. The fourth-order valence-corrected chi connectivity index (χ4v) is 3.76. The highest BCUT2D eigenvalue weighted by Crippen LogP contribution is 2.37. The lowest BCUT2D eigenvalue weighted by atomic mass is 9.87. The smallest absolute Gasteiger partial charge is 0.107 e. The molecule has 0 bridgehead atoms. The largest absolute Gasteiger partial charge is 0.371 e. The van der Waals surface area contributed by atoms with E-state index in [2.05, 4.69) is 47.2 Å². The van der Waals surface area contributed by atoms with Crippen molar-refractivity contribution < 1.29 is 0 Å². The van der Waals surface area contributed by atoms with Crippen LogP contribution < -0.4 is 15.5 Å². The molecule has 1 aliphatic heterocycles. The van der Waals surface area contributed by atoms with E-state index in [0.717, 1.165) is 45.3 Å². The first-order chi connectivity index (χ1) is 10.1. The van der Waals surface area contributed by atoms with E-state index in [9.17, 15) is 5.26 Å². The van der Waals surface area contributed by atoms with Gasteiger partial charge in [0.05, 0.1) is 17.4 Å². The van der Waals surface area contributed by atoms with Gasteiger partial charge in [-0.2, -0.15) is 5.26 Å². The Bertz CT molecular complexity index is 550. The van der Waals surface area contributed by atoms with Gasteiger partial charge in [0.1, 0.15) is 5.54 Å². The average molecular weight is 284 g/mol. The van der Waals surface area contributed by atoms with Crippen LogP contribution in [0.15, 0.2) is 24.3 Å². The van der Waals surface area contributed by atoms with Crippen LogP contribution in [0.25, 0.3) is 0 Å². The normalized spacial score (nSPS) is 28.3. The van der Waals surface area contributed by atoms with Gasteiger partial charge in [0.15, 0.2) is 0 Å². The molecule has 1 aromatic rings. The molecule has 4 heteroatoms. The van der Waals surface area contributed by atoms with Crippen LogP contribution in [0.1, 0.15) is 25.7 Å². The first kappa shape index (κ1) is 14.2. The number of hydrogen-bond donors (Lipinski definition) is 1. The summed E-state index contributed by atoms with van der Waals surface area (Å²) in [5.41, 5.74) is 8.27. The van der Waals surface area contributed by atoms with Crippen LogP contribution in [0, 0.1) is 17.2 Å². The van der Waals surface area contributed by atoms with E-state index in [1.807, 2.05) is 0 Å². The van der Waals surface area contributed by atoms with Gasteiger partial charge in [-0.25, -0.2) is 0 Å². The Hall–Kier alpha value is -1.73. The molecule has 2 N–H and O–H groups in total. The predicted molar refractivity (Wildman–Crippen MR) is 86.4 cm³/mol. The number of nitriles is 1. The Kier molecular flexibility index (Phi) is 3.77. The molecule has 0 amide bonds. The molecule has 112 valence electrons. The number of hydrogen-bond acceptors (Lipinski definition) is 4. The Morgan fingerprint density at radius 1 is 1.33 bits per heavy atom. The van der Waals surface area contributed by atoms with Gasteiger partial charge in [0, 0.05) is 26.7 Å². The van der Waals surface area contributed by atoms with Gasteiger partial charge in [0.25, 0.3) is 0 Å². The SMILES string of the molecule is CN1CCN(CCC2CCCC2(N)C#N)c2ccccc21. The van der Waals surface area contributed by atoms with Crippen molar-refractivity contribution in [3.63, 3.8) is 0 Å². The molecule has 21 heavy (non-hydrogen) atoms. The summed E-state index contributed by atoms with van der Waals surface area (Å²) in [6, 6.07) is 10.9. The molecule has 0 saturated heterocycles. The van der Waals surface area contributed by atoms with E-state index in [1.165, 1.54) is 11.4 Å². The van der Waals surface area contributed by atoms with E-state index in [1.54, 1.807) is 0 Å². The third kappa shape index (κ3) is 2.58. The molecule has 1 aliphatic carbocycles. The molecule has 0 aromatic heterocycles. The minimum absolute atomic E-state index is 0.342. The van der Waals surface area contributed by atoms with Gasteiger partial charge >= 0.3 is 0 Å². The fraction of sp³-hybridized carbons (Fsp3) is 0.588. The lowest BCUT2D eigenvalue weighted by molar-refractivity contribution is 0.373. The number of likely N-dealkylation sites (N-methyl/N-ethyl adjacent to an activating group) is 1. The van der Waals surface area contributed by atoms with Crippen LogP contribution in [-0.2, 0) is 0 Å². The minimum Gasteiger partial charge on any atom is -0.371 e. The Morgan fingerprint density at radius 2 is 2.10 bits per heavy atom. The third-order valence-corrected chi connectivity index (χ3v) is 5.17. The maximum atomic E-state index is 9.33. The van der Waals surface area contributed by atoms with Gasteiger partial charge in [-0.3, -0.25) is 0 Å². The summed E-state index contributed by atoms with van der Waals surface area (Å²) in [5, 5.41) is 9.33. The molecular formula is C17H24N4. The number of anilines is 2. The molecule has 0 spiro atoms. The summed E-state index contributed by atoms with van der Waals surface area (Å²) in [6.45, 7) is 3.09. The second-order valence-electron chi connectivity index (χ2n) is 6.43. The second-order valence-corrected chi connectivity index (χ2v) is 6.43. The van der Waals surface area contributed by atoms with Gasteiger partial charge < -0.3 is 15.5 Å². The summed E-state index contributed by atoms with van der Waals surface area (Å²) in [4.78, 5) is 4.76. The summed E-state index contributed by atoms with van der Waals surface area (Å²) in [5.74, 6) is 0.342. The molecule has 1 aromatic carbocycles. The predicted octanol–water partition coefficient (Wildman–Crippen LogP) is 2.35. The molecule has 4 nitrogen and oxygen atoms in total. The first-order valence-electron chi connectivity index (χ1n) is 7.89. The Morgan fingerprint density at radius 3 is 2.86 bits per heavy atom. The number of nitrogens with zero attached hydrogens (tertiary/aromatic N) is 3. The maximum absolute atomic E-state index is 9.33. The molecule has 1 fully saturated rings. The molecule has 1 heterocycles. The highest BCUT2D eigenvalue weighted by Gasteiger charge is 2.39. The number of nitrogens with two attached hydrogens (primary N) is 1. The van der Waals surface area contributed by atoms with Crippen molar-refractivity contribution in [3.8, 4) is 6.07 Å². The number of benzene rings is 1. The van der Waals surface area contributed by atoms with E-state index >= 15 is 0 Å². The maximum Gasteiger partial charge on any atom is 0.107 e. The zero-order valence-corrected chi connectivity index (χ0v) is 12.8. The fourth-order valence-electron chi connectivity index (χ4n) is 3.76. The molecule has 3 rings (SSSR count). The molecule has 2 aliphatic rings. The van der Waals surface area contributed by atoms with Crippen LogP contribution in [-0.4, -0.2) is 32.2 Å². The summed E-state index contributed by atoms with van der Waals surface area (Å²) < 4.78 is 0. The van der Waals surface area contributed by atoms with E-state index in [0.29, 0.717) is 5.92 Å². The zero-order valence-electron chi connectivity index (χ0n) is 12.8. The molecular weight excluding hydrogens is 260 g/mol. The van der Waals surface area contributed by atoms with Crippen LogP contribution in [0.3, 0.4) is 0 Å². The number of para-hydroxylation sites is 2. The monoisotopic (exact) mass is 284 g/mol. The van der Waals surface area contributed by atoms with Crippen molar-refractivity contribution in [2.24, 2.45) is 11.7 Å². The van der Waals surface area contributed by atoms with Gasteiger partial charge in [-0.1, -0.05) is 18.6 Å². The topological polar surface area (TPSA) is 56.3 Å². The quantitative estimate of drug-likeness (QED) is 0.925. The van der Waals surface area contributed by atoms with Crippen LogP contribution in [0.2, 0.25) is 0 Å². The van der Waals surface area contributed by atoms with E-state index in [-0.39, 0.29) is 0 Å². The standard InChI is InChI=1S/C17H24N4/c1-20-11-12-21(16-7-3-2-6-15(16)20)10-8-14-5-4-9-17(14,19)13-18/h2-3,6-7,14H,4-5,8-12,19H2,1H3. The molecule has 2 unspecified atom stereocenters. The molecule has 2 atom stereocenters. The summed E-state index contributed by atoms with van der Waals surface area (Å²) in [6.07, 6.45) is 4.06. The summed E-state index contributed by atoms with van der Waals surface area (Å²) >= 11 is 0. The highest BCUT2D eigenvalue weighted by atomic mass is 15.2. The Labute approximate surface area is 127 Å². The van der Waals surface area contributed by atoms with E-state index in [4.69, 9.17) is 5.73 Å². The van der Waals surface area contributed by atoms with Gasteiger partial charge in [-0.05, 0) is 37.3 Å².